The highest BCUT2D eigenvalue weighted by Gasteiger charge is 1.96. The van der Waals surface area contributed by atoms with Gasteiger partial charge in [0.15, 0.2) is 0 Å². The number of hydrogen-bond acceptors (Lipinski definition) is 6. The molecule has 8 nitrogen and oxygen atoms in total. The lowest BCUT2D eigenvalue weighted by Crippen LogP contribution is -2.25. The van der Waals surface area contributed by atoms with E-state index in [4.69, 9.17) is 19.7 Å². The highest BCUT2D eigenvalue weighted by atomic mass is 16.5. The number of hydrogen-bond donors (Lipinski definition) is 0. The third kappa shape index (κ3) is 14.8. The lowest BCUT2D eigenvalue weighted by atomic mass is 10.5. The Balaban J connectivity index is 3.06. The fourth-order valence-corrected chi connectivity index (χ4v) is 1.13. The Morgan fingerprint density at radius 1 is 1.11 bits per heavy atom. The van der Waals surface area contributed by atoms with Crippen LogP contribution < -0.4 is 0 Å². The van der Waals surface area contributed by atoms with Crippen LogP contribution in [0.4, 0.5) is 0 Å². The summed E-state index contributed by atoms with van der Waals surface area (Å²) in [5, 5.41) is 3.34. The first kappa shape index (κ1) is 17.8. The van der Waals surface area contributed by atoms with Crippen molar-refractivity contribution in [3.63, 3.8) is 0 Å². The molecule has 0 amide bonds. The van der Waals surface area contributed by atoms with Crippen LogP contribution in [0.3, 0.4) is 0 Å². The van der Waals surface area contributed by atoms with Crippen molar-refractivity contribution in [3.05, 3.63) is 10.4 Å². The van der Waals surface area contributed by atoms with Crippen molar-refractivity contribution in [2.45, 2.75) is 0 Å². The quantitative estimate of drug-likeness (QED) is 0.151. The minimum atomic E-state index is 0.341. The van der Waals surface area contributed by atoms with Gasteiger partial charge in [-0.2, -0.15) is 0 Å². The summed E-state index contributed by atoms with van der Waals surface area (Å²) in [6.07, 6.45) is 0.866. The maximum atomic E-state index is 10.2. The van der Waals surface area contributed by atoms with Crippen LogP contribution in [0.1, 0.15) is 0 Å². The molecular weight excluding hydrogens is 252 g/mol. The molecule has 0 rings (SSSR count). The lowest BCUT2D eigenvalue weighted by molar-refractivity contribution is -0.108. The third-order valence-electron chi connectivity index (χ3n) is 2.15. The number of ether oxygens (including phenoxy) is 3. The third-order valence-corrected chi connectivity index (χ3v) is 2.15. The molecule has 0 unspecified atom stereocenters. The van der Waals surface area contributed by atoms with Crippen LogP contribution >= 0.6 is 0 Å². The Labute approximate surface area is 113 Å². The zero-order chi connectivity index (χ0) is 14.2. The predicted octanol–water partition coefficient (Wildman–Crippen LogP) is 0.477. The van der Waals surface area contributed by atoms with E-state index in [9.17, 15) is 4.79 Å². The average Bonchev–Trinajstić information content (AvgIpc) is 2.40. The Kier molecular flexibility index (Phi) is 14.0. The molecule has 19 heavy (non-hydrogen) atoms. The molecule has 0 aromatic rings. The van der Waals surface area contributed by atoms with Crippen LogP contribution in [0.25, 0.3) is 10.4 Å². The van der Waals surface area contributed by atoms with Crippen LogP contribution in [0, 0.1) is 0 Å². The fraction of sp³-hybridized carbons (Fsp3) is 0.909. The van der Waals surface area contributed by atoms with Gasteiger partial charge in [-0.3, -0.25) is 4.90 Å². The molecule has 0 atom stereocenters. The number of nitrogens with zero attached hydrogens (tertiary/aromatic N) is 4. The Morgan fingerprint density at radius 2 is 1.68 bits per heavy atom. The molecule has 0 aromatic carbocycles. The Hall–Kier alpha value is -1.18. The first-order valence-corrected chi connectivity index (χ1v) is 6.17. The first-order valence-electron chi connectivity index (χ1n) is 6.17. The second kappa shape index (κ2) is 14.9. The van der Waals surface area contributed by atoms with Gasteiger partial charge in [-0.15, -0.1) is 0 Å². The maximum Gasteiger partial charge on any atom is 0.133 e. The second-order valence-electron chi connectivity index (χ2n) is 3.72. The summed E-state index contributed by atoms with van der Waals surface area (Å²) >= 11 is 0. The van der Waals surface area contributed by atoms with Gasteiger partial charge in [0.1, 0.15) is 6.29 Å². The smallest absolute Gasteiger partial charge is 0.133 e. The van der Waals surface area contributed by atoms with Gasteiger partial charge in [-0.25, -0.2) is 0 Å². The highest BCUT2D eigenvalue weighted by Crippen LogP contribution is 1.84. The minimum absolute atomic E-state index is 0.341. The van der Waals surface area contributed by atoms with E-state index in [1.165, 1.54) is 0 Å². The number of aldehydes is 1. The van der Waals surface area contributed by atoms with E-state index in [0.29, 0.717) is 52.7 Å². The molecule has 0 fully saturated rings. The molecule has 0 aromatic heterocycles. The topological polar surface area (TPSA) is 96.8 Å². The zero-order valence-electron chi connectivity index (χ0n) is 11.4. The standard InChI is InChI=1S/C11H22N4O4/c1-15(3-5-16)4-7-18-9-11-19-10-8-17-6-2-13-14-12/h5H,2-4,6-11H2,1H3. The van der Waals surface area contributed by atoms with Crippen LogP contribution in [0.15, 0.2) is 5.11 Å². The molecule has 0 aliphatic carbocycles. The molecule has 0 saturated heterocycles. The van der Waals surface area contributed by atoms with Crippen molar-refractivity contribution >= 4 is 6.29 Å². The predicted molar refractivity (Wildman–Crippen MR) is 70.0 cm³/mol. The minimum Gasteiger partial charge on any atom is -0.379 e. The van der Waals surface area contributed by atoms with Gasteiger partial charge in [-0.1, -0.05) is 5.11 Å². The number of likely N-dealkylation sites (N-methyl/N-ethyl adjacent to an activating group) is 1. The maximum absolute atomic E-state index is 10.2. The van der Waals surface area contributed by atoms with Crippen molar-refractivity contribution in [3.8, 4) is 0 Å². The lowest BCUT2D eigenvalue weighted by Gasteiger charge is -2.12. The van der Waals surface area contributed by atoms with Crippen LogP contribution in [0.5, 0.6) is 0 Å². The van der Waals surface area contributed by atoms with Gasteiger partial charge in [0.05, 0.1) is 46.2 Å². The van der Waals surface area contributed by atoms with E-state index in [1.54, 1.807) is 0 Å². The number of carbonyl (C=O) groups excluding carboxylic acids is 1. The van der Waals surface area contributed by atoms with Crippen molar-refractivity contribution in [1.29, 1.82) is 0 Å². The molecule has 0 heterocycles. The number of azide groups is 1. The van der Waals surface area contributed by atoms with E-state index < -0.39 is 0 Å². The van der Waals surface area contributed by atoms with Gasteiger partial charge in [0.2, 0.25) is 0 Å². The molecule has 0 bridgehead atoms. The SMILES string of the molecule is CN(CC=O)CCOCCOCCOCCN=[N+]=[N-]. The molecule has 0 saturated carbocycles. The summed E-state index contributed by atoms with van der Waals surface area (Å²) in [7, 11) is 1.86. The van der Waals surface area contributed by atoms with E-state index in [2.05, 4.69) is 10.0 Å². The summed E-state index contributed by atoms with van der Waals surface area (Å²) in [6.45, 7) is 4.48. The number of rotatable bonds is 14. The van der Waals surface area contributed by atoms with Crippen molar-refractivity contribution in [2.75, 3.05) is 66.3 Å². The normalized spacial score (nSPS) is 10.4. The molecule has 0 aliphatic rings. The highest BCUT2D eigenvalue weighted by molar-refractivity contribution is 5.51. The molecule has 110 valence electrons. The summed E-state index contributed by atoms with van der Waals surface area (Å²) in [5.41, 5.74) is 8.02. The Bertz CT molecular complexity index is 259. The van der Waals surface area contributed by atoms with Crippen molar-refractivity contribution < 1.29 is 19.0 Å². The van der Waals surface area contributed by atoms with Crippen LogP contribution in [-0.2, 0) is 19.0 Å². The number of carbonyl (C=O) groups is 1. The molecule has 0 N–H and O–H groups in total. The zero-order valence-corrected chi connectivity index (χ0v) is 11.4. The van der Waals surface area contributed by atoms with Gasteiger partial charge < -0.3 is 19.0 Å². The van der Waals surface area contributed by atoms with Gasteiger partial charge in [0.25, 0.3) is 0 Å². The van der Waals surface area contributed by atoms with E-state index in [1.807, 2.05) is 11.9 Å². The van der Waals surface area contributed by atoms with Crippen molar-refractivity contribution in [1.82, 2.24) is 4.90 Å². The van der Waals surface area contributed by atoms with E-state index in [0.717, 1.165) is 12.8 Å². The molecule has 0 aliphatic heterocycles. The van der Waals surface area contributed by atoms with E-state index in [-0.39, 0.29) is 0 Å². The molecule has 8 heteroatoms. The fourth-order valence-electron chi connectivity index (χ4n) is 1.13. The summed E-state index contributed by atoms with van der Waals surface area (Å²) in [4.78, 5) is 14.7. The molecular formula is C11H22N4O4. The molecule has 0 spiro atoms. The second-order valence-corrected chi connectivity index (χ2v) is 3.72. The summed E-state index contributed by atoms with van der Waals surface area (Å²) in [5.74, 6) is 0. The van der Waals surface area contributed by atoms with Gasteiger partial charge >= 0.3 is 0 Å². The van der Waals surface area contributed by atoms with Crippen molar-refractivity contribution in [2.24, 2.45) is 5.11 Å². The van der Waals surface area contributed by atoms with Gasteiger partial charge in [0, 0.05) is 18.0 Å². The monoisotopic (exact) mass is 274 g/mol. The van der Waals surface area contributed by atoms with Gasteiger partial charge in [-0.05, 0) is 12.6 Å². The molecule has 0 radical (unpaired) electrons. The van der Waals surface area contributed by atoms with Crippen LogP contribution in [-0.4, -0.2) is 77.5 Å². The average molecular weight is 274 g/mol. The largest absolute Gasteiger partial charge is 0.379 e. The van der Waals surface area contributed by atoms with E-state index >= 15 is 0 Å². The Morgan fingerprint density at radius 3 is 2.26 bits per heavy atom. The summed E-state index contributed by atoms with van der Waals surface area (Å²) < 4.78 is 15.8. The summed E-state index contributed by atoms with van der Waals surface area (Å²) in [6, 6.07) is 0. The van der Waals surface area contributed by atoms with Crippen LogP contribution in [0.2, 0.25) is 0 Å². The first-order chi connectivity index (χ1) is 9.31.